The topological polar surface area (TPSA) is 59.3 Å². The van der Waals surface area contributed by atoms with Gasteiger partial charge in [-0.05, 0) is 55.4 Å². The minimum Gasteiger partial charge on any atom is -0.497 e. The Morgan fingerprint density at radius 1 is 1.19 bits per heavy atom. The van der Waals surface area contributed by atoms with E-state index in [9.17, 15) is 4.79 Å². The molecule has 1 amide bonds. The summed E-state index contributed by atoms with van der Waals surface area (Å²) >= 11 is 0. The molecule has 4 rings (SSSR count). The van der Waals surface area contributed by atoms with E-state index in [1.165, 1.54) is 5.56 Å². The first-order valence-corrected chi connectivity index (χ1v) is 15.0. The summed E-state index contributed by atoms with van der Waals surface area (Å²) in [4.78, 5) is 12.4. The van der Waals surface area contributed by atoms with Gasteiger partial charge in [-0.25, -0.2) is 0 Å². The maximum Gasteiger partial charge on any atom is 0.270 e. The number of fused-ring (bicyclic) bond motifs is 3. The Morgan fingerprint density at radius 3 is 2.59 bits per heavy atom. The largest absolute Gasteiger partial charge is 0.497 e. The quantitative estimate of drug-likeness (QED) is 0.751. The second-order valence-corrected chi connectivity index (χ2v) is 16.1. The number of benzene rings is 2. The maximum absolute atomic E-state index is 12.4. The molecule has 1 N–H and O–H groups in total. The second kappa shape index (κ2) is 5.92. The fourth-order valence-electron chi connectivity index (χ4n) is 4.61. The summed E-state index contributed by atoms with van der Waals surface area (Å²) in [6, 6.07) is 8.06. The van der Waals surface area contributed by atoms with Crippen molar-refractivity contribution in [3.63, 3.8) is 0 Å². The number of nitrogens with one attached hydrogen (secondary N) is 1. The van der Waals surface area contributed by atoms with Crippen LogP contribution in [0.4, 0.5) is 0 Å². The number of rotatable bonds is 3. The minimum atomic E-state index is -2.34. The highest BCUT2D eigenvalue weighted by Gasteiger charge is 2.48. The maximum atomic E-state index is 12.4. The number of hydrogen-bond donors (Lipinski definition) is 0. The van der Waals surface area contributed by atoms with E-state index in [0.717, 1.165) is 39.2 Å². The highest BCUT2D eigenvalue weighted by atomic mass is 28.4. The summed E-state index contributed by atoms with van der Waals surface area (Å²) in [5, 5.41) is 1.99. The van der Waals surface area contributed by atoms with Gasteiger partial charge in [-0.1, -0.05) is 30.4 Å². The van der Waals surface area contributed by atoms with Crippen molar-refractivity contribution in [3.8, 4) is 16.9 Å². The van der Waals surface area contributed by atoms with E-state index in [-0.39, 0.29) is 0 Å². The molecule has 2 aromatic carbocycles. The predicted octanol–water partition coefficient (Wildman–Crippen LogP) is 3.21. The van der Waals surface area contributed by atoms with Gasteiger partial charge in [-0.2, -0.15) is 0 Å². The lowest BCUT2D eigenvalue weighted by molar-refractivity contribution is 0.0993. The molecular weight excluding hydrogens is 370 g/mol. The fourth-order valence-corrected chi connectivity index (χ4v) is 13.6. The summed E-state index contributed by atoms with van der Waals surface area (Å²) in [5.74, 6) is 0.223. The molecule has 0 saturated heterocycles. The first kappa shape index (κ1) is 18.2. The lowest BCUT2D eigenvalue weighted by Crippen LogP contribution is -2.64. The number of carbonyl (C=O) groups excluding carboxylic acids is 1. The summed E-state index contributed by atoms with van der Waals surface area (Å²) in [6.07, 6.45) is 5.16. The van der Waals surface area contributed by atoms with Crippen LogP contribution in [0.1, 0.15) is 21.5 Å². The van der Waals surface area contributed by atoms with Gasteiger partial charge in [0, 0.05) is 21.5 Å². The van der Waals surface area contributed by atoms with Crippen LogP contribution in [0, 0.1) is 0 Å². The van der Waals surface area contributed by atoms with E-state index >= 15 is 0 Å². The molecule has 0 fully saturated rings. The molecule has 2 aromatic rings. The number of amides is 1. The Morgan fingerprint density at radius 2 is 1.93 bits per heavy atom. The van der Waals surface area contributed by atoms with E-state index in [4.69, 9.17) is 14.6 Å². The molecule has 2 aliphatic rings. The van der Waals surface area contributed by atoms with Crippen LogP contribution >= 0.6 is 0 Å². The predicted molar refractivity (Wildman–Crippen MR) is 114 cm³/mol. The third-order valence-corrected chi connectivity index (χ3v) is 13.0. The van der Waals surface area contributed by atoms with E-state index in [1.54, 1.807) is 7.11 Å². The van der Waals surface area contributed by atoms with Gasteiger partial charge >= 0.3 is 0 Å². The van der Waals surface area contributed by atoms with Gasteiger partial charge in [0.2, 0.25) is 16.6 Å². The molecule has 1 heterocycles. The molecule has 0 unspecified atom stereocenters. The molecule has 6 heteroatoms. The molecule has 0 aromatic heterocycles. The van der Waals surface area contributed by atoms with Crippen molar-refractivity contribution in [2.75, 3.05) is 7.11 Å². The average Bonchev–Trinajstić information content (AvgIpc) is 3.06. The van der Waals surface area contributed by atoms with Crippen LogP contribution in [0.25, 0.3) is 17.2 Å². The molecule has 0 saturated carbocycles. The first-order valence-electron chi connectivity index (χ1n) is 9.18. The van der Waals surface area contributed by atoms with Crippen LogP contribution in [-0.4, -0.2) is 29.7 Å². The first-order chi connectivity index (χ1) is 12.7. The Labute approximate surface area is 162 Å². The lowest BCUT2D eigenvalue weighted by atomic mass is 9.93. The SMILES string of the molecule is COc1c2cc(C([NH])=O)c(-c3cccc4c3C=CC4)c1[Si](C)(C)O[Si]2(C)C. The van der Waals surface area contributed by atoms with Crippen molar-refractivity contribution in [1.29, 1.82) is 0 Å². The average molecular weight is 395 g/mol. The third kappa shape index (κ3) is 2.62. The standard InChI is InChI=1S/C21H24NO3Si2/c1-24-19-17-12-16(21(22)23)18(20(19)27(4,5)25-26(17,2)3)15-11-7-9-13-8-6-10-14(13)15/h6-7,9-12,22H,8H2,1-5H3. The Balaban J connectivity index is 2.18. The van der Waals surface area contributed by atoms with Gasteiger partial charge in [0.25, 0.3) is 5.91 Å². The van der Waals surface area contributed by atoms with Crippen molar-refractivity contribution in [2.24, 2.45) is 0 Å². The van der Waals surface area contributed by atoms with Crippen molar-refractivity contribution in [3.05, 3.63) is 47.0 Å². The van der Waals surface area contributed by atoms with Crippen LogP contribution in [-0.2, 0) is 10.5 Å². The molecule has 4 nitrogen and oxygen atoms in total. The number of ether oxygens (including phenoxy) is 1. The summed E-state index contributed by atoms with van der Waals surface area (Å²) in [5.41, 5.74) is 12.7. The van der Waals surface area contributed by atoms with E-state index in [1.807, 2.05) is 18.2 Å². The number of allylic oxidation sites excluding steroid dienone is 1. The van der Waals surface area contributed by atoms with Crippen LogP contribution in [0.3, 0.4) is 0 Å². The number of hydrogen-bond acceptors (Lipinski definition) is 3. The fraction of sp³-hybridized carbons (Fsp3) is 0.286. The van der Waals surface area contributed by atoms with Crippen molar-refractivity contribution in [2.45, 2.75) is 32.6 Å². The lowest BCUT2D eigenvalue weighted by Gasteiger charge is -2.43. The molecule has 1 aliphatic carbocycles. The number of carbonyl (C=O) groups is 1. The molecule has 2 bridgehead atoms. The zero-order chi connectivity index (χ0) is 19.6. The smallest absolute Gasteiger partial charge is 0.270 e. The van der Waals surface area contributed by atoms with Gasteiger partial charge in [0.1, 0.15) is 5.75 Å². The Kier molecular flexibility index (Phi) is 3.99. The van der Waals surface area contributed by atoms with Crippen molar-refractivity contribution in [1.82, 2.24) is 5.73 Å². The third-order valence-electron chi connectivity index (χ3n) is 5.58. The molecule has 139 valence electrons. The van der Waals surface area contributed by atoms with E-state index < -0.39 is 22.5 Å². The highest BCUT2D eigenvalue weighted by Crippen LogP contribution is 2.38. The van der Waals surface area contributed by atoms with Crippen LogP contribution < -0.4 is 20.8 Å². The summed E-state index contributed by atoms with van der Waals surface area (Å²) in [6.45, 7) is 8.62. The van der Waals surface area contributed by atoms with Crippen LogP contribution in [0.2, 0.25) is 26.2 Å². The molecule has 1 radical (unpaired) electrons. The zero-order valence-corrected chi connectivity index (χ0v) is 18.4. The summed E-state index contributed by atoms with van der Waals surface area (Å²) in [7, 11) is -2.85. The Bertz CT molecular complexity index is 1010. The zero-order valence-electron chi connectivity index (χ0n) is 16.4. The highest BCUT2D eigenvalue weighted by molar-refractivity contribution is 7.01. The van der Waals surface area contributed by atoms with Gasteiger partial charge in [0.15, 0.2) is 0 Å². The summed E-state index contributed by atoms with van der Waals surface area (Å²) < 4.78 is 12.6. The van der Waals surface area contributed by atoms with Gasteiger partial charge in [0.05, 0.1) is 7.11 Å². The number of methoxy groups -OCH3 is 1. The van der Waals surface area contributed by atoms with Crippen molar-refractivity contribution < 1.29 is 13.6 Å². The molecule has 1 aliphatic heterocycles. The normalized spacial score (nSPS) is 18.3. The minimum absolute atomic E-state index is 0.471. The van der Waals surface area contributed by atoms with Gasteiger partial charge < -0.3 is 8.85 Å². The van der Waals surface area contributed by atoms with Crippen LogP contribution in [0.5, 0.6) is 5.75 Å². The van der Waals surface area contributed by atoms with Gasteiger partial charge in [-0.3, -0.25) is 10.5 Å². The molecule has 0 spiro atoms. The van der Waals surface area contributed by atoms with E-state index in [0.29, 0.717) is 5.56 Å². The molecule has 0 atom stereocenters. The van der Waals surface area contributed by atoms with Gasteiger partial charge in [-0.15, -0.1) is 0 Å². The van der Waals surface area contributed by atoms with Crippen molar-refractivity contribution >= 4 is 39.0 Å². The van der Waals surface area contributed by atoms with E-state index in [2.05, 4.69) is 44.4 Å². The monoisotopic (exact) mass is 394 g/mol. The van der Waals surface area contributed by atoms with Crippen LogP contribution in [0.15, 0.2) is 30.3 Å². The second-order valence-electron chi connectivity index (χ2n) is 8.19. The molecular formula is C21H24NO3Si2. The molecule has 27 heavy (non-hydrogen) atoms. The Hall–Kier alpha value is -2.16.